The van der Waals surface area contributed by atoms with Crippen LogP contribution < -0.4 is 4.90 Å². The highest BCUT2D eigenvalue weighted by molar-refractivity contribution is 6.32. The minimum absolute atomic E-state index is 0.0354. The summed E-state index contributed by atoms with van der Waals surface area (Å²) in [5, 5.41) is 10.4. The van der Waals surface area contributed by atoms with E-state index in [0.29, 0.717) is 17.3 Å². The van der Waals surface area contributed by atoms with Crippen LogP contribution in [0.5, 0.6) is 0 Å². The van der Waals surface area contributed by atoms with Crippen LogP contribution in [0.15, 0.2) is 65.5 Å². The van der Waals surface area contributed by atoms with Crippen molar-refractivity contribution in [2.45, 2.75) is 71.1 Å². The van der Waals surface area contributed by atoms with E-state index in [-0.39, 0.29) is 11.6 Å². The molecule has 0 saturated heterocycles. The SMILES string of the molecule is CCCCCCCCCCCCN1C(=O)/C(=C\O)N=C(c2ccccc2)c2cc(Cl)ccc21. The van der Waals surface area contributed by atoms with Crippen molar-refractivity contribution < 1.29 is 9.90 Å². The van der Waals surface area contributed by atoms with E-state index in [1.807, 2.05) is 42.5 Å². The Morgan fingerprint density at radius 3 is 2.18 bits per heavy atom. The summed E-state index contributed by atoms with van der Waals surface area (Å²) in [6.45, 7) is 2.83. The number of unbranched alkanes of at least 4 members (excludes halogenated alkanes) is 9. The molecule has 0 saturated carbocycles. The van der Waals surface area contributed by atoms with Crippen LogP contribution in [0, 0.1) is 0 Å². The molecule has 1 N–H and O–H groups in total. The van der Waals surface area contributed by atoms with Crippen LogP contribution in [0.2, 0.25) is 5.02 Å². The molecule has 0 spiro atoms. The fraction of sp³-hybridized carbons (Fsp3) is 0.429. The summed E-state index contributed by atoms with van der Waals surface area (Å²) in [5.41, 5.74) is 3.11. The van der Waals surface area contributed by atoms with E-state index in [9.17, 15) is 9.90 Å². The van der Waals surface area contributed by atoms with Gasteiger partial charge in [0.05, 0.1) is 11.4 Å². The van der Waals surface area contributed by atoms with Crippen LogP contribution in [0.25, 0.3) is 0 Å². The number of hydrogen-bond donors (Lipinski definition) is 1. The first-order chi connectivity index (χ1) is 16.2. The van der Waals surface area contributed by atoms with Gasteiger partial charge in [0, 0.05) is 22.7 Å². The smallest absolute Gasteiger partial charge is 0.280 e. The van der Waals surface area contributed by atoms with Gasteiger partial charge in [-0.3, -0.25) is 4.79 Å². The second-order valence-electron chi connectivity index (χ2n) is 8.64. The Morgan fingerprint density at radius 1 is 0.909 bits per heavy atom. The number of aliphatic hydroxyl groups is 1. The van der Waals surface area contributed by atoms with Gasteiger partial charge >= 0.3 is 0 Å². The molecule has 0 aliphatic carbocycles. The Balaban J connectivity index is 1.69. The third-order valence-corrected chi connectivity index (χ3v) is 6.34. The lowest BCUT2D eigenvalue weighted by molar-refractivity contribution is -0.115. The molecule has 0 unspecified atom stereocenters. The lowest BCUT2D eigenvalue weighted by Gasteiger charge is -2.23. The van der Waals surface area contributed by atoms with Gasteiger partial charge in [-0.25, -0.2) is 4.99 Å². The largest absolute Gasteiger partial charge is 0.513 e. The Labute approximate surface area is 203 Å². The number of carbonyl (C=O) groups excluding carboxylic acids is 1. The Kier molecular flexibility index (Phi) is 10.0. The first-order valence-electron chi connectivity index (χ1n) is 12.3. The van der Waals surface area contributed by atoms with E-state index in [1.165, 1.54) is 51.4 Å². The third-order valence-electron chi connectivity index (χ3n) is 6.11. The number of benzene rings is 2. The molecule has 1 aliphatic heterocycles. The van der Waals surface area contributed by atoms with Crippen molar-refractivity contribution in [3.8, 4) is 0 Å². The molecule has 33 heavy (non-hydrogen) atoms. The first kappa shape index (κ1) is 25.0. The molecule has 1 amide bonds. The number of anilines is 1. The lowest BCUT2D eigenvalue weighted by Crippen LogP contribution is -2.32. The first-order valence-corrected chi connectivity index (χ1v) is 12.6. The molecule has 0 fully saturated rings. The van der Waals surface area contributed by atoms with E-state index >= 15 is 0 Å². The highest BCUT2D eigenvalue weighted by Crippen LogP contribution is 2.32. The summed E-state index contributed by atoms with van der Waals surface area (Å²) < 4.78 is 0. The molecular weight excluding hydrogens is 432 g/mol. The van der Waals surface area contributed by atoms with Crippen molar-refractivity contribution >= 4 is 28.9 Å². The molecule has 3 rings (SSSR count). The standard InChI is InChI=1S/C28H35ClN2O2/c1-2-3-4-5-6-7-8-9-10-14-19-31-26-18-17-23(29)20-24(26)27(22-15-12-11-13-16-22)30-25(21-32)28(31)33/h11-13,15-18,20-21,32H,2-10,14,19H2,1H3/b25-21+. The number of rotatable bonds is 12. The van der Waals surface area contributed by atoms with Gasteiger partial charge in [-0.05, 0) is 24.6 Å². The van der Waals surface area contributed by atoms with Crippen molar-refractivity contribution in [3.05, 3.63) is 76.6 Å². The summed E-state index contributed by atoms with van der Waals surface area (Å²) in [4.78, 5) is 19.5. The molecule has 2 aromatic rings. The molecule has 2 aromatic carbocycles. The van der Waals surface area contributed by atoms with Crippen molar-refractivity contribution in [1.29, 1.82) is 0 Å². The third kappa shape index (κ3) is 6.94. The van der Waals surface area contributed by atoms with Crippen LogP contribution in [-0.4, -0.2) is 23.3 Å². The molecule has 0 atom stereocenters. The van der Waals surface area contributed by atoms with Gasteiger partial charge in [0.2, 0.25) is 0 Å². The minimum Gasteiger partial charge on any atom is -0.513 e. The molecular formula is C28H35ClN2O2. The monoisotopic (exact) mass is 466 g/mol. The van der Waals surface area contributed by atoms with Gasteiger partial charge in [-0.2, -0.15) is 0 Å². The van der Waals surface area contributed by atoms with Crippen molar-refractivity contribution in [2.75, 3.05) is 11.4 Å². The van der Waals surface area contributed by atoms with Crippen molar-refractivity contribution in [1.82, 2.24) is 0 Å². The molecule has 176 valence electrons. The number of aliphatic hydroxyl groups excluding tert-OH is 1. The number of fused-ring (bicyclic) bond motifs is 1. The zero-order chi connectivity index (χ0) is 23.5. The maximum atomic E-state index is 13.3. The Morgan fingerprint density at radius 2 is 1.55 bits per heavy atom. The normalized spacial score (nSPS) is 14.8. The van der Waals surface area contributed by atoms with Crippen LogP contribution in [-0.2, 0) is 4.79 Å². The zero-order valence-corrected chi connectivity index (χ0v) is 20.4. The van der Waals surface area contributed by atoms with E-state index < -0.39 is 0 Å². The number of carbonyl (C=O) groups is 1. The predicted octanol–water partition coefficient (Wildman–Crippen LogP) is 7.84. The van der Waals surface area contributed by atoms with Gasteiger partial charge in [-0.15, -0.1) is 0 Å². The average molecular weight is 467 g/mol. The van der Waals surface area contributed by atoms with E-state index in [2.05, 4.69) is 11.9 Å². The Bertz CT molecular complexity index is 969. The van der Waals surface area contributed by atoms with Crippen LogP contribution >= 0.6 is 11.6 Å². The van der Waals surface area contributed by atoms with Gasteiger partial charge in [0.25, 0.3) is 5.91 Å². The fourth-order valence-electron chi connectivity index (χ4n) is 4.29. The van der Waals surface area contributed by atoms with Crippen molar-refractivity contribution in [2.24, 2.45) is 4.99 Å². The highest BCUT2D eigenvalue weighted by atomic mass is 35.5. The summed E-state index contributed by atoms with van der Waals surface area (Å²) >= 11 is 6.33. The van der Waals surface area contributed by atoms with Gasteiger partial charge in [-0.1, -0.05) is 107 Å². The number of hydrogen-bond acceptors (Lipinski definition) is 3. The zero-order valence-electron chi connectivity index (χ0n) is 19.6. The second-order valence-corrected chi connectivity index (χ2v) is 9.08. The summed E-state index contributed by atoms with van der Waals surface area (Å²) in [5.74, 6) is -0.289. The van der Waals surface area contributed by atoms with Gasteiger partial charge in [0.1, 0.15) is 6.26 Å². The molecule has 1 aliphatic rings. The van der Waals surface area contributed by atoms with Crippen molar-refractivity contribution in [3.63, 3.8) is 0 Å². The summed E-state index contributed by atoms with van der Waals surface area (Å²) in [6.07, 6.45) is 13.2. The van der Waals surface area contributed by atoms with Gasteiger partial charge in [0.15, 0.2) is 5.70 Å². The maximum absolute atomic E-state index is 13.3. The molecule has 0 radical (unpaired) electrons. The van der Waals surface area contributed by atoms with Gasteiger partial charge < -0.3 is 10.0 Å². The van der Waals surface area contributed by atoms with Crippen LogP contribution in [0.4, 0.5) is 5.69 Å². The van der Waals surface area contributed by atoms with Crippen LogP contribution in [0.3, 0.4) is 0 Å². The Hall–Kier alpha value is -2.59. The van der Waals surface area contributed by atoms with E-state index in [4.69, 9.17) is 11.6 Å². The second kappa shape index (κ2) is 13.2. The van der Waals surface area contributed by atoms with Crippen LogP contribution in [0.1, 0.15) is 82.3 Å². The predicted molar refractivity (Wildman–Crippen MR) is 138 cm³/mol. The number of amides is 1. The number of halogens is 1. The summed E-state index contributed by atoms with van der Waals surface area (Å²) in [6, 6.07) is 15.2. The van der Waals surface area contributed by atoms with E-state index in [0.717, 1.165) is 35.9 Å². The molecule has 0 bridgehead atoms. The quantitative estimate of drug-likeness (QED) is 0.197. The maximum Gasteiger partial charge on any atom is 0.280 e. The number of aliphatic imine (C=N–C) groups is 1. The van der Waals surface area contributed by atoms with E-state index in [1.54, 1.807) is 11.0 Å². The summed E-state index contributed by atoms with van der Waals surface area (Å²) in [7, 11) is 0. The number of nitrogens with zero attached hydrogens (tertiary/aromatic N) is 2. The topological polar surface area (TPSA) is 52.9 Å². The average Bonchev–Trinajstić information content (AvgIpc) is 2.95. The molecule has 4 nitrogen and oxygen atoms in total. The lowest BCUT2D eigenvalue weighted by atomic mass is 10.00. The number of benzodiazepines with no additional fused rings is 1. The molecule has 0 aromatic heterocycles. The minimum atomic E-state index is -0.289. The highest BCUT2D eigenvalue weighted by Gasteiger charge is 2.28. The molecule has 1 heterocycles. The molecule has 5 heteroatoms. The fourth-order valence-corrected chi connectivity index (χ4v) is 4.46.